The fourth-order valence-electron chi connectivity index (χ4n) is 2.91. The van der Waals surface area contributed by atoms with Crippen LogP contribution in [-0.2, 0) is 15.0 Å². The lowest BCUT2D eigenvalue weighted by atomic mass is 9.68. The second-order valence-electron chi connectivity index (χ2n) is 6.61. The van der Waals surface area contributed by atoms with Gasteiger partial charge in [-0.25, -0.2) is 0 Å². The molecular formula is C17H24N2O2. The molecule has 1 saturated heterocycles. The van der Waals surface area contributed by atoms with Crippen LogP contribution >= 0.6 is 0 Å². The Kier molecular flexibility index (Phi) is 4.47. The zero-order valence-corrected chi connectivity index (χ0v) is 13.0. The Hall–Kier alpha value is -1.68. The van der Waals surface area contributed by atoms with Gasteiger partial charge in [-0.15, -0.1) is 0 Å². The highest BCUT2D eigenvalue weighted by Crippen LogP contribution is 2.39. The number of piperidine rings is 1. The fourth-order valence-corrected chi connectivity index (χ4v) is 2.91. The summed E-state index contributed by atoms with van der Waals surface area (Å²) in [6.45, 7) is 4.27. The van der Waals surface area contributed by atoms with E-state index in [-0.39, 0.29) is 22.8 Å². The van der Waals surface area contributed by atoms with Crippen molar-refractivity contribution in [3.05, 3.63) is 35.9 Å². The van der Waals surface area contributed by atoms with Crippen LogP contribution < -0.4 is 10.6 Å². The molecule has 0 spiro atoms. The van der Waals surface area contributed by atoms with Crippen LogP contribution in [0.25, 0.3) is 0 Å². The van der Waals surface area contributed by atoms with Crippen LogP contribution in [0.3, 0.4) is 0 Å². The first kappa shape index (κ1) is 15.7. The maximum Gasteiger partial charge on any atom is 0.227 e. The quantitative estimate of drug-likeness (QED) is 0.816. The Bertz CT molecular complexity index is 507. The lowest BCUT2D eigenvalue weighted by molar-refractivity contribution is -0.136. The summed E-state index contributed by atoms with van der Waals surface area (Å²) in [5, 5.41) is 5.71. The van der Waals surface area contributed by atoms with Crippen molar-refractivity contribution in [3.8, 4) is 0 Å². The maximum atomic E-state index is 11.9. The average molecular weight is 288 g/mol. The van der Waals surface area contributed by atoms with Gasteiger partial charge >= 0.3 is 0 Å². The zero-order valence-electron chi connectivity index (χ0n) is 13.0. The van der Waals surface area contributed by atoms with E-state index in [0.29, 0.717) is 12.8 Å². The van der Waals surface area contributed by atoms with Gasteiger partial charge in [-0.3, -0.25) is 14.9 Å². The molecule has 2 rings (SSSR count). The number of hydrogen-bond donors (Lipinski definition) is 2. The van der Waals surface area contributed by atoms with Crippen LogP contribution in [-0.4, -0.2) is 24.4 Å². The summed E-state index contributed by atoms with van der Waals surface area (Å²) in [6.07, 6.45) is 2.47. The summed E-state index contributed by atoms with van der Waals surface area (Å²) < 4.78 is 0. The van der Waals surface area contributed by atoms with E-state index in [0.717, 1.165) is 18.4 Å². The first-order valence-corrected chi connectivity index (χ1v) is 7.44. The molecule has 0 bridgehead atoms. The third-order valence-electron chi connectivity index (χ3n) is 4.57. The Morgan fingerprint density at radius 3 is 2.24 bits per heavy atom. The molecule has 0 atom stereocenters. The largest absolute Gasteiger partial charge is 0.315 e. The Balaban J connectivity index is 2.31. The smallest absolute Gasteiger partial charge is 0.227 e. The van der Waals surface area contributed by atoms with E-state index in [1.807, 2.05) is 37.4 Å². The highest BCUT2D eigenvalue weighted by molar-refractivity contribution is 5.99. The van der Waals surface area contributed by atoms with Crippen LogP contribution in [0.1, 0.15) is 45.1 Å². The van der Waals surface area contributed by atoms with Crippen molar-refractivity contribution in [3.63, 3.8) is 0 Å². The molecule has 1 aliphatic rings. The molecule has 0 aromatic heterocycles. The highest BCUT2D eigenvalue weighted by atomic mass is 16.2. The molecule has 1 fully saturated rings. The maximum absolute atomic E-state index is 11.9. The third-order valence-corrected chi connectivity index (χ3v) is 4.57. The second-order valence-corrected chi connectivity index (χ2v) is 6.61. The molecule has 0 unspecified atom stereocenters. The van der Waals surface area contributed by atoms with Crippen molar-refractivity contribution >= 4 is 11.8 Å². The average Bonchev–Trinajstić information content (AvgIpc) is 2.45. The topological polar surface area (TPSA) is 58.2 Å². The first-order chi connectivity index (χ1) is 9.87. The Labute approximate surface area is 126 Å². The molecule has 1 aromatic rings. The van der Waals surface area contributed by atoms with Gasteiger partial charge in [0.05, 0.1) is 0 Å². The lowest BCUT2D eigenvalue weighted by Crippen LogP contribution is -2.48. The molecule has 2 amide bonds. The van der Waals surface area contributed by atoms with E-state index in [1.165, 1.54) is 0 Å². The number of carbonyl (C=O) groups excluding carboxylic acids is 2. The summed E-state index contributed by atoms with van der Waals surface area (Å²) in [5.74, 6) is -0.338. The van der Waals surface area contributed by atoms with Gasteiger partial charge in [0.25, 0.3) is 0 Å². The van der Waals surface area contributed by atoms with Crippen molar-refractivity contribution < 1.29 is 9.59 Å². The molecule has 1 aromatic carbocycles. The SMILES string of the molecule is CNC(C)(C)CCC1(c2ccccc2)CC(=O)NC(=O)C1. The molecular weight excluding hydrogens is 264 g/mol. The van der Waals surface area contributed by atoms with E-state index < -0.39 is 0 Å². The minimum atomic E-state index is -0.380. The van der Waals surface area contributed by atoms with Crippen molar-refractivity contribution in [2.75, 3.05) is 7.05 Å². The van der Waals surface area contributed by atoms with E-state index in [1.54, 1.807) is 0 Å². The van der Waals surface area contributed by atoms with Gasteiger partial charge in [0.1, 0.15) is 0 Å². The van der Waals surface area contributed by atoms with Crippen LogP contribution in [0.5, 0.6) is 0 Å². The number of hydrogen-bond acceptors (Lipinski definition) is 3. The highest BCUT2D eigenvalue weighted by Gasteiger charge is 2.41. The minimum Gasteiger partial charge on any atom is -0.315 e. The molecule has 21 heavy (non-hydrogen) atoms. The Morgan fingerprint density at radius 2 is 1.71 bits per heavy atom. The van der Waals surface area contributed by atoms with E-state index in [4.69, 9.17) is 0 Å². The van der Waals surface area contributed by atoms with Gasteiger partial charge in [0, 0.05) is 23.8 Å². The lowest BCUT2D eigenvalue weighted by Gasteiger charge is -2.39. The standard InChI is InChI=1S/C17H24N2O2/c1-16(2,18-3)9-10-17(13-7-5-4-6-8-13)11-14(20)19-15(21)12-17/h4-8,18H,9-12H2,1-3H3,(H,19,20,21). The van der Waals surface area contributed by atoms with Crippen molar-refractivity contribution in [2.45, 2.75) is 50.5 Å². The predicted molar refractivity (Wildman–Crippen MR) is 82.9 cm³/mol. The second kappa shape index (κ2) is 5.98. The summed E-state index contributed by atoms with van der Waals surface area (Å²) in [4.78, 5) is 23.8. The van der Waals surface area contributed by atoms with Gasteiger partial charge in [-0.2, -0.15) is 0 Å². The minimum absolute atomic E-state index is 0.0151. The fraction of sp³-hybridized carbons (Fsp3) is 0.529. The summed E-state index contributed by atoms with van der Waals surface area (Å²) in [5.41, 5.74) is 0.688. The molecule has 0 aliphatic carbocycles. The van der Waals surface area contributed by atoms with Crippen molar-refractivity contribution in [2.24, 2.45) is 0 Å². The molecule has 4 heteroatoms. The summed E-state index contributed by atoms with van der Waals surface area (Å²) in [7, 11) is 1.94. The predicted octanol–water partition coefficient (Wildman–Crippen LogP) is 2.14. The van der Waals surface area contributed by atoms with Crippen LogP contribution in [0.4, 0.5) is 0 Å². The number of carbonyl (C=O) groups is 2. The van der Waals surface area contributed by atoms with Crippen LogP contribution in [0.2, 0.25) is 0 Å². The molecule has 0 saturated carbocycles. The number of rotatable bonds is 5. The monoisotopic (exact) mass is 288 g/mol. The molecule has 1 aliphatic heterocycles. The Morgan fingerprint density at radius 1 is 1.14 bits per heavy atom. The van der Waals surface area contributed by atoms with E-state index in [9.17, 15) is 9.59 Å². The summed E-state index contributed by atoms with van der Waals surface area (Å²) in [6, 6.07) is 9.95. The molecule has 4 nitrogen and oxygen atoms in total. The van der Waals surface area contributed by atoms with Gasteiger partial charge < -0.3 is 5.32 Å². The summed E-state index contributed by atoms with van der Waals surface area (Å²) >= 11 is 0. The molecule has 114 valence electrons. The number of imide groups is 1. The molecule has 1 heterocycles. The van der Waals surface area contributed by atoms with E-state index >= 15 is 0 Å². The van der Waals surface area contributed by atoms with Gasteiger partial charge in [-0.1, -0.05) is 30.3 Å². The zero-order chi connectivity index (χ0) is 15.5. The van der Waals surface area contributed by atoms with Gasteiger partial charge in [-0.05, 0) is 39.3 Å². The van der Waals surface area contributed by atoms with Crippen molar-refractivity contribution in [1.82, 2.24) is 10.6 Å². The first-order valence-electron chi connectivity index (χ1n) is 7.44. The number of benzene rings is 1. The number of amides is 2. The third kappa shape index (κ3) is 3.70. The van der Waals surface area contributed by atoms with Crippen molar-refractivity contribution in [1.29, 1.82) is 0 Å². The normalized spacial score (nSPS) is 18.4. The van der Waals surface area contributed by atoms with E-state index in [2.05, 4.69) is 24.5 Å². The molecule has 2 N–H and O–H groups in total. The van der Waals surface area contributed by atoms with Crippen LogP contribution in [0.15, 0.2) is 30.3 Å². The van der Waals surface area contributed by atoms with Crippen LogP contribution in [0, 0.1) is 0 Å². The van der Waals surface area contributed by atoms with Gasteiger partial charge in [0.2, 0.25) is 11.8 Å². The van der Waals surface area contributed by atoms with Gasteiger partial charge in [0.15, 0.2) is 0 Å². The molecule has 0 radical (unpaired) electrons. The number of nitrogens with one attached hydrogen (secondary N) is 2.